The Morgan fingerprint density at radius 2 is 2.11 bits per heavy atom. The fraction of sp³-hybridized carbons (Fsp3) is 0.667. The highest BCUT2D eigenvalue weighted by Gasteiger charge is 2.56. The van der Waals surface area contributed by atoms with E-state index in [4.69, 9.17) is 10.5 Å². The van der Waals surface area contributed by atoms with Crippen LogP contribution in [0.25, 0.3) is 11.2 Å². The molecule has 9 nitrogen and oxygen atoms in total. The molecule has 28 heavy (non-hydrogen) atoms. The van der Waals surface area contributed by atoms with Gasteiger partial charge in [-0.05, 0) is 6.42 Å². The largest absolute Gasteiger partial charge is 0.417 e. The van der Waals surface area contributed by atoms with Gasteiger partial charge in [-0.15, -0.1) is 0 Å². The van der Waals surface area contributed by atoms with E-state index in [9.17, 15) is 32.6 Å². The summed E-state index contributed by atoms with van der Waals surface area (Å²) in [6.45, 7) is 2.13. The van der Waals surface area contributed by atoms with E-state index in [2.05, 4.69) is 9.97 Å². The number of aliphatic hydroxyl groups excluding tert-OH is 2. The second-order valence-corrected chi connectivity index (χ2v) is 6.51. The number of alkyl halides is 4. The van der Waals surface area contributed by atoms with Gasteiger partial charge in [-0.3, -0.25) is 4.57 Å². The topological polar surface area (TPSA) is 128 Å². The number of imidazole rings is 1. The van der Waals surface area contributed by atoms with Gasteiger partial charge in [0.1, 0.15) is 17.7 Å². The first kappa shape index (κ1) is 20.5. The Morgan fingerprint density at radius 3 is 2.71 bits per heavy atom. The first-order valence-electron chi connectivity index (χ1n) is 8.53. The Hall–Kier alpha value is -2.25. The van der Waals surface area contributed by atoms with Crippen molar-refractivity contribution in [2.45, 2.75) is 63.2 Å². The van der Waals surface area contributed by atoms with Gasteiger partial charge < -0.3 is 20.7 Å². The third-order valence-corrected chi connectivity index (χ3v) is 4.59. The van der Waals surface area contributed by atoms with Crippen LogP contribution in [-0.2, 0) is 11.3 Å². The molecule has 0 amide bonds. The van der Waals surface area contributed by atoms with E-state index in [1.165, 1.54) is 10.8 Å². The lowest BCUT2D eigenvalue weighted by Gasteiger charge is -2.22. The van der Waals surface area contributed by atoms with E-state index in [1.807, 2.05) is 6.92 Å². The van der Waals surface area contributed by atoms with Gasteiger partial charge in [0.2, 0.25) is 5.95 Å². The number of nitrogens with zero attached hydrogens (tertiary/aromatic N) is 4. The zero-order valence-corrected chi connectivity index (χ0v) is 14.7. The predicted molar refractivity (Wildman–Crippen MR) is 88.0 cm³/mol. The fourth-order valence-corrected chi connectivity index (χ4v) is 3.15. The van der Waals surface area contributed by atoms with Crippen molar-refractivity contribution >= 4 is 17.1 Å². The monoisotopic (exact) mass is 409 g/mol. The van der Waals surface area contributed by atoms with E-state index in [1.54, 1.807) is 0 Å². The summed E-state index contributed by atoms with van der Waals surface area (Å²) in [5.41, 5.74) is 4.84. The van der Waals surface area contributed by atoms with E-state index < -0.39 is 42.6 Å². The molecule has 0 radical (unpaired) electrons. The smallest absolute Gasteiger partial charge is 0.385 e. The summed E-state index contributed by atoms with van der Waals surface area (Å²) in [7, 11) is 0. The van der Waals surface area contributed by atoms with Crippen molar-refractivity contribution in [2.75, 3.05) is 5.73 Å². The molecule has 0 aromatic carbocycles. The van der Waals surface area contributed by atoms with Crippen LogP contribution in [0.2, 0.25) is 0 Å². The number of aryl methyl sites for hydroxylation is 1. The van der Waals surface area contributed by atoms with Crippen LogP contribution in [0.5, 0.6) is 0 Å². The van der Waals surface area contributed by atoms with Crippen LogP contribution >= 0.6 is 0 Å². The maximum atomic E-state index is 14.3. The Kier molecular flexibility index (Phi) is 5.34. The van der Waals surface area contributed by atoms with Gasteiger partial charge in [0, 0.05) is 6.54 Å². The molecule has 13 heteroatoms. The molecule has 1 aliphatic rings. The maximum absolute atomic E-state index is 14.3. The molecule has 0 saturated carbocycles. The number of unbranched alkanes of at least 4 members (excludes halogenated alkanes) is 1. The van der Waals surface area contributed by atoms with Crippen LogP contribution in [0.3, 0.4) is 0 Å². The lowest BCUT2D eigenvalue weighted by atomic mass is 10.1. The number of ether oxygens (including phenoxy) is 1. The van der Waals surface area contributed by atoms with Crippen molar-refractivity contribution in [3.63, 3.8) is 0 Å². The Morgan fingerprint density at radius 1 is 1.43 bits per heavy atom. The van der Waals surface area contributed by atoms with Crippen molar-refractivity contribution in [3.05, 3.63) is 16.7 Å². The standard InChI is InChI=1S/C15H19F4N5O4/c1-2-3-4-23-6-5-21-13(20)22-11(6)24(14(23)27)12-8(25)7(16)9(28-12)10(26)15(17,18)19/h5,7-10,12,25-26H,2-4H2,1H3,(H2,20,21,22)/t7-,8-,9+,10?,12-/m1/s1. The predicted octanol–water partition coefficient (Wildman–Crippen LogP) is 0.495. The summed E-state index contributed by atoms with van der Waals surface area (Å²) < 4.78 is 59.6. The van der Waals surface area contributed by atoms with Crippen molar-refractivity contribution in [2.24, 2.45) is 0 Å². The molecule has 2 aromatic rings. The summed E-state index contributed by atoms with van der Waals surface area (Å²) in [4.78, 5) is 20.5. The molecule has 1 unspecified atom stereocenters. The molecule has 1 aliphatic heterocycles. The Labute approximate surface area is 155 Å². The second-order valence-electron chi connectivity index (χ2n) is 6.51. The van der Waals surface area contributed by atoms with E-state index >= 15 is 0 Å². The van der Waals surface area contributed by atoms with Crippen molar-refractivity contribution in [1.82, 2.24) is 19.1 Å². The number of hydrogen-bond acceptors (Lipinski definition) is 7. The molecule has 4 N–H and O–H groups in total. The summed E-state index contributed by atoms with van der Waals surface area (Å²) in [6, 6.07) is 0. The molecule has 156 valence electrons. The third kappa shape index (κ3) is 3.33. The lowest BCUT2D eigenvalue weighted by Crippen LogP contribution is -2.44. The van der Waals surface area contributed by atoms with Crippen LogP contribution < -0.4 is 11.4 Å². The number of fused-ring (bicyclic) bond motifs is 1. The first-order chi connectivity index (χ1) is 13.1. The van der Waals surface area contributed by atoms with Crippen molar-refractivity contribution in [1.29, 1.82) is 0 Å². The van der Waals surface area contributed by atoms with Gasteiger partial charge in [-0.25, -0.2) is 18.7 Å². The molecule has 2 aromatic heterocycles. The molecule has 1 saturated heterocycles. The van der Waals surface area contributed by atoms with Crippen LogP contribution in [0, 0.1) is 0 Å². The minimum atomic E-state index is -5.17. The van der Waals surface area contributed by atoms with Gasteiger partial charge in [0.15, 0.2) is 24.2 Å². The van der Waals surface area contributed by atoms with E-state index in [0.29, 0.717) is 6.42 Å². The number of nitrogen functional groups attached to an aromatic ring is 1. The molecule has 5 atom stereocenters. The number of halogens is 4. The van der Waals surface area contributed by atoms with Crippen LogP contribution in [0.1, 0.15) is 26.0 Å². The van der Waals surface area contributed by atoms with E-state index in [0.717, 1.165) is 11.0 Å². The number of anilines is 1. The van der Waals surface area contributed by atoms with Crippen LogP contribution in [0.4, 0.5) is 23.5 Å². The molecular formula is C15H19F4N5O4. The van der Waals surface area contributed by atoms with Gasteiger partial charge in [-0.1, -0.05) is 13.3 Å². The number of aliphatic hydroxyl groups is 2. The van der Waals surface area contributed by atoms with Gasteiger partial charge in [0.05, 0.1) is 6.20 Å². The van der Waals surface area contributed by atoms with Crippen LogP contribution in [-0.4, -0.2) is 60.0 Å². The molecular weight excluding hydrogens is 390 g/mol. The molecule has 0 spiro atoms. The number of rotatable bonds is 5. The highest BCUT2D eigenvalue weighted by Crippen LogP contribution is 2.38. The van der Waals surface area contributed by atoms with E-state index in [-0.39, 0.29) is 23.7 Å². The summed E-state index contributed by atoms with van der Waals surface area (Å²) >= 11 is 0. The molecule has 0 aliphatic carbocycles. The second kappa shape index (κ2) is 7.29. The molecule has 3 rings (SSSR count). The van der Waals surface area contributed by atoms with Gasteiger partial charge in [-0.2, -0.15) is 18.2 Å². The Bertz CT molecular complexity index is 914. The average Bonchev–Trinajstić information content (AvgIpc) is 3.05. The zero-order chi connectivity index (χ0) is 20.8. The number of aromatic nitrogens is 4. The highest BCUT2D eigenvalue weighted by atomic mass is 19.4. The van der Waals surface area contributed by atoms with Crippen molar-refractivity contribution < 1.29 is 32.5 Å². The SMILES string of the molecule is CCCCn1c(=O)n([C@@H]2O[C@H](C(O)C(F)(F)F)[C@H](F)[C@H]2O)c2nc(N)ncc21. The normalized spacial score (nSPS) is 26.8. The third-order valence-electron chi connectivity index (χ3n) is 4.59. The van der Waals surface area contributed by atoms with Gasteiger partial charge >= 0.3 is 11.9 Å². The minimum absolute atomic E-state index is 0.119. The average molecular weight is 409 g/mol. The van der Waals surface area contributed by atoms with Crippen molar-refractivity contribution in [3.8, 4) is 0 Å². The number of hydrogen-bond donors (Lipinski definition) is 3. The quantitative estimate of drug-likeness (QED) is 0.613. The molecule has 0 bridgehead atoms. The maximum Gasteiger partial charge on any atom is 0.417 e. The summed E-state index contributed by atoms with van der Waals surface area (Å²) in [5, 5.41) is 19.5. The summed E-state index contributed by atoms with van der Waals surface area (Å²) in [5.74, 6) is -0.231. The number of nitrogens with two attached hydrogens (primary N) is 1. The summed E-state index contributed by atoms with van der Waals surface area (Å²) in [6.07, 6.45) is -14.7. The zero-order valence-electron chi connectivity index (χ0n) is 14.7. The first-order valence-corrected chi connectivity index (χ1v) is 8.53. The Balaban J connectivity index is 2.09. The van der Waals surface area contributed by atoms with Gasteiger partial charge in [0.25, 0.3) is 0 Å². The highest BCUT2D eigenvalue weighted by molar-refractivity contribution is 5.71. The fourth-order valence-electron chi connectivity index (χ4n) is 3.15. The van der Waals surface area contributed by atoms with Crippen LogP contribution in [0.15, 0.2) is 11.0 Å². The minimum Gasteiger partial charge on any atom is -0.385 e. The lowest BCUT2D eigenvalue weighted by molar-refractivity contribution is -0.241. The molecule has 3 heterocycles. The molecule has 1 fully saturated rings.